The molecule has 3 aromatic carbocycles. The van der Waals surface area contributed by atoms with Gasteiger partial charge >= 0.3 is 0 Å². The zero-order valence-corrected chi connectivity index (χ0v) is 21.7. The van der Waals surface area contributed by atoms with Gasteiger partial charge in [-0.05, 0) is 61.4 Å². The third-order valence-corrected chi connectivity index (χ3v) is 7.57. The summed E-state index contributed by atoms with van der Waals surface area (Å²) >= 11 is 6.14. The molecule has 35 heavy (non-hydrogen) atoms. The van der Waals surface area contributed by atoms with Crippen molar-refractivity contribution in [2.75, 3.05) is 25.1 Å². The first kappa shape index (κ1) is 26.4. The Hall–Kier alpha value is -3.23. The number of aryl methyl sites for hydroxylation is 1. The topological polar surface area (TPSA) is 84.9 Å². The molecule has 0 saturated carbocycles. The van der Waals surface area contributed by atoms with Crippen LogP contribution in [0.1, 0.15) is 30.5 Å². The molecular weight excluding hydrogens is 488 g/mol. The summed E-state index contributed by atoms with van der Waals surface area (Å²) in [6.07, 6.45) is 0.586. The van der Waals surface area contributed by atoms with Crippen molar-refractivity contribution in [2.45, 2.75) is 31.2 Å². The van der Waals surface area contributed by atoms with E-state index in [0.29, 0.717) is 28.6 Å². The van der Waals surface area contributed by atoms with Crippen molar-refractivity contribution in [1.29, 1.82) is 0 Å². The van der Waals surface area contributed by atoms with Crippen LogP contribution in [0.5, 0.6) is 11.5 Å². The lowest BCUT2D eigenvalue weighted by Crippen LogP contribution is -2.42. The summed E-state index contributed by atoms with van der Waals surface area (Å²) < 4.78 is 38.8. The average molecular weight is 517 g/mol. The molecule has 0 radical (unpaired) electrons. The molecule has 0 spiro atoms. The van der Waals surface area contributed by atoms with Crippen LogP contribution in [0.15, 0.2) is 71.6 Å². The molecule has 1 amide bonds. The Morgan fingerprint density at radius 1 is 1.00 bits per heavy atom. The third kappa shape index (κ3) is 6.26. The maximum atomic E-state index is 13.5. The SMILES string of the molecule is CCC(NC(=O)CN(c1cccc(Cl)c1)S(=O)(=O)c1ccc(C)cc1)c1ccc(OC)c(OC)c1. The van der Waals surface area contributed by atoms with Gasteiger partial charge in [0.05, 0.1) is 30.8 Å². The van der Waals surface area contributed by atoms with Crippen LogP contribution >= 0.6 is 11.6 Å². The van der Waals surface area contributed by atoms with Crippen molar-refractivity contribution < 1.29 is 22.7 Å². The van der Waals surface area contributed by atoms with Crippen LogP contribution in [0.3, 0.4) is 0 Å². The van der Waals surface area contributed by atoms with Gasteiger partial charge in [-0.2, -0.15) is 0 Å². The molecule has 1 unspecified atom stereocenters. The van der Waals surface area contributed by atoms with Gasteiger partial charge in [0.1, 0.15) is 6.54 Å². The van der Waals surface area contributed by atoms with E-state index in [4.69, 9.17) is 21.1 Å². The van der Waals surface area contributed by atoms with E-state index < -0.39 is 22.5 Å². The second-order valence-corrected chi connectivity index (χ2v) is 10.2. The Kier molecular flexibility index (Phi) is 8.64. The van der Waals surface area contributed by atoms with Gasteiger partial charge in [-0.15, -0.1) is 0 Å². The molecule has 7 nitrogen and oxygen atoms in total. The van der Waals surface area contributed by atoms with E-state index in [-0.39, 0.29) is 10.9 Å². The van der Waals surface area contributed by atoms with E-state index in [1.54, 1.807) is 56.7 Å². The van der Waals surface area contributed by atoms with Crippen LogP contribution in [0.2, 0.25) is 5.02 Å². The normalized spacial score (nSPS) is 12.0. The van der Waals surface area contributed by atoms with Crippen LogP contribution in [0.4, 0.5) is 5.69 Å². The predicted molar refractivity (Wildman–Crippen MR) is 138 cm³/mol. The lowest BCUT2D eigenvalue weighted by Gasteiger charge is -2.26. The van der Waals surface area contributed by atoms with Gasteiger partial charge in [-0.1, -0.05) is 48.4 Å². The van der Waals surface area contributed by atoms with Crippen molar-refractivity contribution in [3.8, 4) is 11.5 Å². The van der Waals surface area contributed by atoms with Gasteiger partial charge < -0.3 is 14.8 Å². The molecule has 1 atom stereocenters. The fourth-order valence-electron chi connectivity index (χ4n) is 3.64. The van der Waals surface area contributed by atoms with Gasteiger partial charge in [0.25, 0.3) is 10.0 Å². The van der Waals surface area contributed by atoms with Crippen molar-refractivity contribution in [1.82, 2.24) is 5.32 Å². The molecule has 1 N–H and O–H groups in total. The second kappa shape index (κ2) is 11.5. The smallest absolute Gasteiger partial charge is 0.264 e. The lowest BCUT2D eigenvalue weighted by molar-refractivity contribution is -0.120. The number of rotatable bonds is 10. The molecule has 3 aromatic rings. The van der Waals surface area contributed by atoms with Crippen molar-refractivity contribution in [3.05, 3.63) is 82.9 Å². The number of ether oxygens (including phenoxy) is 2. The number of hydrogen-bond donors (Lipinski definition) is 1. The molecule has 0 aromatic heterocycles. The lowest BCUT2D eigenvalue weighted by atomic mass is 10.0. The highest BCUT2D eigenvalue weighted by atomic mass is 35.5. The molecule has 9 heteroatoms. The zero-order chi connectivity index (χ0) is 25.6. The van der Waals surface area contributed by atoms with Gasteiger partial charge in [0, 0.05) is 5.02 Å². The minimum absolute atomic E-state index is 0.0859. The molecule has 0 heterocycles. The van der Waals surface area contributed by atoms with E-state index in [9.17, 15) is 13.2 Å². The van der Waals surface area contributed by atoms with Gasteiger partial charge in [-0.25, -0.2) is 8.42 Å². The first-order valence-electron chi connectivity index (χ1n) is 11.1. The number of amides is 1. The number of halogens is 1. The maximum Gasteiger partial charge on any atom is 0.264 e. The Morgan fingerprint density at radius 3 is 2.29 bits per heavy atom. The summed E-state index contributed by atoms with van der Waals surface area (Å²) in [4.78, 5) is 13.2. The number of nitrogens with zero attached hydrogens (tertiary/aromatic N) is 1. The predicted octanol–water partition coefficient (Wildman–Crippen LogP) is 5.13. The monoisotopic (exact) mass is 516 g/mol. The Labute approximate surface area is 211 Å². The number of benzene rings is 3. The molecule has 0 bridgehead atoms. The summed E-state index contributed by atoms with van der Waals surface area (Å²) in [7, 11) is -0.939. The summed E-state index contributed by atoms with van der Waals surface area (Å²) in [5, 5.41) is 3.31. The van der Waals surface area contributed by atoms with Crippen molar-refractivity contribution in [2.24, 2.45) is 0 Å². The van der Waals surface area contributed by atoms with Crippen LogP contribution in [-0.4, -0.2) is 35.1 Å². The highest BCUT2D eigenvalue weighted by molar-refractivity contribution is 7.92. The van der Waals surface area contributed by atoms with E-state index in [1.165, 1.54) is 18.2 Å². The van der Waals surface area contributed by atoms with E-state index in [0.717, 1.165) is 15.4 Å². The summed E-state index contributed by atoms with van der Waals surface area (Å²) in [5.74, 6) is 0.663. The van der Waals surface area contributed by atoms with Gasteiger partial charge in [-0.3, -0.25) is 9.10 Å². The second-order valence-electron chi connectivity index (χ2n) is 7.95. The van der Waals surface area contributed by atoms with E-state index in [2.05, 4.69) is 5.32 Å². The van der Waals surface area contributed by atoms with Crippen molar-refractivity contribution >= 4 is 33.2 Å². The number of sulfonamides is 1. The average Bonchev–Trinajstić information content (AvgIpc) is 2.85. The first-order valence-corrected chi connectivity index (χ1v) is 12.9. The number of anilines is 1. The Balaban J connectivity index is 1.91. The fourth-order valence-corrected chi connectivity index (χ4v) is 5.24. The quantitative estimate of drug-likeness (QED) is 0.404. The van der Waals surface area contributed by atoms with Crippen LogP contribution in [-0.2, 0) is 14.8 Å². The fraction of sp³-hybridized carbons (Fsp3) is 0.269. The largest absolute Gasteiger partial charge is 0.493 e. The number of carbonyl (C=O) groups excluding carboxylic acids is 1. The standard InChI is InChI=1S/C26H29ClN2O5S/c1-5-23(19-11-14-24(33-3)25(15-19)34-4)28-26(30)17-29(21-8-6-7-20(27)16-21)35(31,32)22-12-9-18(2)10-13-22/h6-16,23H,5,17H2,1-4H3,(H,28,30). The molecule has 0 aliphatic heterocycles. The molecular formula is C26H29ClN2O5S. The molecule has 3 rings (SSSR count). The minimum Gasteiger partial charge on any atom is -0.493 e. The summed E-state index contributed by atoms with van der Waals surface area (Å²) in [6, 6.07) is 17.9. The molecule has 0 aliphatic rings. The van der Waals surface area contributed by atoms with Gasteiger partial charge in [0.15, 0.2) is 11.5 Å². The number of carbonyl (C=O) groups is 1. The number of methoxy groups -OCH3 is 2. The number of hydrogen-bond acceptors (Lipinski definition) is 5. The molecule has 0 aliphatic carbocycles. The molecule has 0 saturated heterocycles. The number of nitrogens with one attached hydrogen (secondary N) is 1. The van der Waals surface area contributed by atoms with Crippen molar-refractivity contribution in [3.63, 3.8) is 0 Å². The van der Waals surface area contributed by atoms with Crippen LogP contribution in [0.25, 0.3) is 0 Å². The Morgan fingerprint density at radius 2 is 1.69 bits per heavy atom. The third-order valence-electron chi connectivity index (χ3n) is 5.55. The van der Waals surface area contributed by atoms with Crippen LogP contribution in [0, 0.1) is 6.92 Å². The first-order chi connectivity index (χ1) is 16.7. The van der Waals surface area contributed by atoms with Gasteiger partial charge in [0.2, 0.25) is 5.91 Å². The summed E-state index contributed by atoms with van der Waals surface area (Å²) in [5.41, 5.74) is 2.04. The van der Waals surface area contributed by atoms with Crippen LogP contribution < -0.4 is 19.1 Å². The minimum atomic E-state index is -4.03. The molecule has 0 fully saturated rings. The van der Waals surface area contributed by atoms with E-state index >= 15 is 0 Å². The highest BCUT2D eigenvalue weighted by Gasteiger charge is 2.28. The maximum absolute atomic E-state index is 13.5. The highest BCUT2D eigenvalue weighted by Crippen LogP contribution is 2.31. The summed E-state index contributed by atoms with van der Waals surface area (Å²) in [6.45, 7) is 3.39. The zero-order valence-electron chi connectivity index (χ0n) is 20.1. The Bertz CT molecular complexity index is 1280. The molecule has 186 valence electrons. The van der Waals surface area contributed by atoms with E-state index in [1.807, 2.05) is 19.9 Å².